The van der Waals surface area contributed by atoms with Gasteiger partial charge < -0.3 is 11.1 Å². The molecule has 128 valence electrons. The van der Waals surface area contributed by atoms with Crippen molar-refractivity contribution >= 4 is 39.9 Å². The molecule has 2 aromatic rings. The predicted molar refractivity (Wildman–Crippen MR) is 83.9 cm³/mol. The van der Waals surface area contributed by atoms with Gasteiger partial charge in [0, 0.05) is 16.9 Å². The molecule has 1 amide bonds. The highest BCUT2D eigenvalue weighted by atomic mass is 35.5. The van der Waals surface area contributed by atoms with E-state index in [1.165, 1.54) is 24.3 Å². The molecule has 0 atom stereocenters. The van der Waals surface area contributed by atoms with Gasteiger partial charge in [-0.1, -0.05) is 19.4 Å². The number of nitrogens with two attached hydrogens (primary N) is 1. The maximum absolute atomic E-state index is 12.5. The van der Waals surface area contributed by atoms with E-state index < -0.39 is 21.0 Å². The minimum absolute atomic E-state index is 0. The molecule has 0 spiro atoms. The Morgan fingerprint density at radius 1 is 0.870 bits per heavy atom. The molecule has 0 saturated carbocycles. The summed E-state index contributed by atoms with van der Waals surface area (Å²) in [6, 6.07) is 7.81. The zero-order chi connectivity index (χ0) is 16.7. The van der Waals surface area contributed by atoms with Crippen molar-refractivity contribution in [3.63, 3.8) is 0 Å². The maximum Gasteiger partial charge on any atom is 0.310 e. The molecule has 0 aliphatic carbocycles. The monoisotopic (exact) mass is 374 g/mol. The minimum atomic E-state index is -9.70. The summed E-state index contributed by atoms with van der Waals surface area (Å²) in [6.45, 7) is 0. The summed E-state index contributed by atoms with van der Waals surface area (Å²) in [6.07, 6.45) is 0. The van der Waals surface area contributed by atoms with Crippen molar-refractivity contribution in [3.8, 4) is 0 Å². The van der Waals surface area contributed by atoms with Gasteiger partial charge in [0.25, 0.3) is 5.91 Å². The van der Waals surface area contributed by atoms with Crippen molar-refractivity contribution in [1.29, 1.82) is 0 Å². The highest BCUT2D eigenvalue weighted by Crippen LogP contribution is 3.02. The van der Waals surface area contributed by atoms with Crippen LogP contribution in [0.15, 0.2) is 53.4 Å². The Labute approximate surface area is 134 Å². The van der Waals surface area contributed by atoms with Crippen molar-refractivity contribution in [2.24, 2.45) is 0 Å². The van der Waals surface area contributed by atoms with E-state index in [4.69, 9.17) is 5.73 Å². The quantitative estimate of drug-likeness (QED) is 0.542. The number of hydrogen-bond donors (Lipinski definition) is 2. The fraction of sp³-hybridized carbons (Fsp3) is 0. The van der Waals surface area contributed by atoms with Crippen molar-refractivity contribution in [2.45, 2.75) is 4.90 Å². The average molecular weight is 375 g/mol. The number of carbonyl (C=O) groups is 1. The van der Waals surface area contributed by atoms with Gasteiger partial charge in [-0.2, -0.15) is 0 Å². The zero-order valence-corrected chi connectivity index (χ0v) is 12.9. The van der Waals surface area contributed by atoms with Gasteiger partial charge in [0.2, 0.25) is 0 Å². The maximum atomic E-state index is 12.5. The number of halogens is 6. The Morgan fingerprint density at radius 2 is 1.35 bits per heavy atom. The molecule has 10 heteroatoms. The van der Waals surface area contributed by atoms with Crippen LogP contribution >= 0.6 is 22.6 Å². The third kappa shape index (κ3) is 5.00. The molecule has 0 aromatic heterocycles. The lowest BCUT2D eigenvalue weighted by Gasteiger charge is -2.40. The first-order chi connectivity index (χ1) is 9.85. The fourth-order valence-corrected chi connectivity index (χ4v) is 2.28. The topological polar surface area (TPSA) is 55.1 Å². The summed E-state index contributed by atoms with van der Waals surface area (Å²) in [7, 11) is -9.70. The van der Waals surface area contributed by atoms with Crippen LogP contribution in [0.2, 0.25) is 0 Å². The van der Waals surface area contributed by atoms with E-state index in [0.717, 1.165) is 12.1 Å². The van der Waals surface area contributed by atoms with Crippen molar-refractivity contribution < 1.29 is 24.2 Å². The lowest BCUT2D eigenvalue weighted by atomic mass is 10.2. The van der Waals surface area contributed by atoms with Crippen molar-refractivity contribution in [1.82, 2.24) is 0 Å². The van der Waals surface area contributed by atoms with Crippen LogP contribution in [-0.2, 0) is 0 Å². The summed E-state index contributed by atoms with van der Waals surface area (Å²) in [5.74, 6) is -0.597. The van der Waals surface area contributed by atoms with Crippen LogP contribution in [0.5, 0.6) is 0 Å². The molecule has 0 fully saturated rings. The lowest BCUT2D eigenvalue weighted by molar-refractivity contribution is 0.102. The standard InChI is InChI=1S/C13H11F5N2OS.ClH/c14-22(15,16,17,18)12-7-5-11(6-8-12)20-13(21)9-1-3-10(19)4-2-9;/h1-8H,19H2,(H,20,21);1H. The average Bonchev–Trinajstić information content (AvgIpc) is 2.37. The van der Waals surface area contributed by atoms with E-state index in [2.05, 4.69) is 5.32 Å². The summed E-state index contributed by atoms with van der Waals surface area (Å²) in [4.78, 5) is 9.81. The summed E-state index contributed by atoms with van der Waals surface area (Å²) < 4.78 is 62.7. The predicted octanol–water partition coefficient (Wildman–Crippen LogP) is 5.60. The number of nitrogens with one attached hydrogen (secondary N) is 1. The van der Waals surface area contributed by atoms with Gasteiger partial charge in [0.15, 0.2) is 0 Å². The molecule has 2 rings (SSSR count). The molecule has 3 N–H and O–H groups in total. The van der Waals surface area contributed by atoms with E-state index in [0.29, 0.717) is 5.69 Å². The van der Waals surface area contributed by atoms with Crippen LogP contribution < -0.4 is 11.1 Å². The molecule has 0 radical (unpaired) electrons. The van der Waals surface area contributed by atoms with E-state index >= 15 is 0 Å². The van der Waals surface area contributed by atoms with E-state index in [1.807, 2.05) is 0 Å². The molecule has 0 bridgehead atoms. The molecular weight excluding hydrogens is 363 g/mol. The first-order valence-corrected chi connectivity index (χ1v) is 7.81. The number of carbonyl (C=O) groups excluding carboxylic acids is 1. The highest BCUT2D eigenvalue weighted by molar-refractivity contribution is 8.45. The lowest BCUT2D eigenvalue weighted by Crippen LogP contribution is -2.12. The van der Waals surface area contributed by atoms with Gasteiger partial charge in [-0.05, 0) is 48.5 Å². The molecule has 23 heavy (non-hydrogen) atoms. The summed E-state index contributed by atoms with van der Waals surface area (Å²) in [5, 5.41) is 2.30. The Kier molecular flexibility index (Phi) is 4.37. The number of nitrogen functional groups attached to an aromatic ring is 1. The van der Waals surface area contributed by atoms with Crippen LogP contribution in [0.4, 0.5) is 30.8 Å². The molecule has 2 aromatic carbocycles. The van der Waals surface area contributed by atoms with Crippen LogP contribution in [0, 0.1) is 0 Å². The molecule has 0 heterocycles. The first kappa shape index (κ1) is 19.0. The van der Waals surface area contributed by atoms with E-state index in [9.17, 15) is 24.2 Å². The number of benzene rings is 2. The Hall–Kier alpha value is -2.00. The Balaban J connectivity index is 0.00000264. The summed E-state index contributed by atoms with van der Waals surface area (Å²) >= 11 is 0. The molecule has 3 nitrogen and oxygen atoms in total. The number of anilines is 2. The van der Waals surface area contributed by atoms with Gasteiger partial charge in [-0.25, -0.2) is 0 Å². The SMILES string of the molecule is Cl.Nc1ccc(C(=O)Nc2ccc(S(F)(F)(F)(F)F)cc2)cc1. The van der Waals surface area contributed by atoms with Gasteiger partial charge in [0.1, 0.15) is 4.90 Å². The number of hydrogen-bond acceptors (Lipinski definition) is 2. The second-order valence-electron chi connectivity index (χ2n) is 4.57. The minimum Gasteiger partial charge on any atom is -0.399 e. The molecule has 0 aliphatic heterocycles. The second kappa shape index (κ2) is 5.27. The normalized spacial score (nSPS) is 14.1. The van der Waals surface area contributed by atoms with Gasteiger partial charge in [-0.3, -0.25) is 4.79 Å². The first-order valence-electron chi connectivity index (χ1n) is 5.86. The van der Waals surface area contributed by atoms with Gasteiger partial charge in [-0.15, -0.1) is 12.4 Å². The van der Waals surface area contributed by atoms with Gasteiger partial charge >= 0.3 is 10.2 Å². The summed E-state index contributed by atoms with van der Waals surface area (Å²) in [5.41, 5.74) is 6.09. The Bertz CT molecular complexity index is 717. The zero-order valence-electron chi connectivity index (χ0n) is 11.3. The third-order valence-corrected chi connectivity index (χ3v) is 3.89. The fourth-order valence-electron chi connectivity index (χ4n) is 1.63. The number of amides is 1. The smallest absolute Gasteiger partial charge is 0.310 e. The van der Waals surface area contributed by atoms with E-state index in [-0.39, 0.29) is 35.8 Å². The van der Waals surface area contributed by atoms with Crippen LogP contribution in [0.3, 0.4) is 0 Å². The molecule has 0 aliphatic rings. The second-order valence-corrected chi connectivity index (χ2v) is 6.98. The Morgan fingerprint density at radius 3 is 1.78 bits per heavy atom. The number of rotatable bonds is 3. The van der Waals surface area contributed by atoms with Gasteiger partial charge in [0.05, 0.1) is 0 Å². The van der Waals surface area contributed by atoms with E-state index in [1.54, 1.807) is 0 Å². The van der Waals surface area contributed by atoms with Crippen LogP contribution in [0.1, 0.15) is 10.4 Å². The van der Waals surface area contributed by atoms with Crippen molar-refractivity contribution in [3.05, 3.63) is 54.1 Å². The highest BCUT2D eigenvalue weighted by Gasteiger charge is 2.65. The molecular formula is C13H12ClF5N2OS. The third-order valence-electron chi connectivity index (χ3n) is 2.73. The van der Waals surface area contributed by atoms with Crippen LogP contribution in [-0.4, -0.2) is 5.91 Å². The van der Waals surface area contributed by atoms with Crippen molar-refractivity contribution in [2.75, 3.05) is 11.1 Å². The molecule has 0 saturated heterocycles. The molecule has 0 unspecified atom stereocenters. The van der Waals surface area contributed by atoms with Crippen LogP contribution in [0.25, 0.3) is 0 Å². The largest absolute Gasteiger partial charge is 0.399 e.